The lowest BCUT2D eigenvalue weighted by molar-refractivity contribution is -0.120. The molecule has 0 aromatic heterocycles. The van der Waals surface area contributed by atoms with E-state index in [9.17, 15) is 9.59 Å². The fourth-order valence-electron chi connectivity index (χ4n) is 4.20. The minimum Gasteiger partial charge on any atom is -0.316 e. The Morgan fingerprint density at radius 1 is 1.31 bits per heavy atom. The first-order valence-corrected chi connectivity index (χ1v) is 10.8. The molecule has 1 aliphatic heterocycles. The summed E-state index contributed by atoms with van der Waals surface area (Å²) in [7, 11) is 0. The van der Waals surface area contributed by atoms with Crippen LogP contribution in [-0.4, -0.2) is 37.5 Å². The van der Waals surface area contributed by atoms with Crippen LogP contribution in [-0.2, 0) is 9.59 Å². The highest BCUT2D eigenvalue weighted by atomic mass is 16.2. The number of hydrogen-bond donors (Lipinski definition) is 1. The molecule has 29 heavy (non-hydrogen) atoms. The molecule has 0 bridgehead atoms. The van der Waals surface area contributed by atoms with Gasteiger partial charge >= 0.3 is 0 Å². The Kier molecular flexibility index (Phi) is 6.92. The molecule has 1 aromatic rings. The minimum atomic E-state index is -0.0303. The van der Waals surface area contributed by atoms with E-state index in [4.69, 9.17) is 5.26 Å². The van der Waals surface area contributed by atoms with Crippen LogP contribution >= 0.6 is 0 Å². The van der Waals surface area contributed by atoms with Gasteiger partial charge in [0, 0.05) is 32.4 Å². The molecule has 1 fully saturated rings. The van der Waals surface area contributed by atoms with E-state index in [1.165, 1.54) is 5.56 Å². The Labute approximate surface area is 173 Å². The van der Waals surface area contributed by atoms with Crippen molar-refractivity contribution in [2.45, 2.75) is 64.8 Å². The van der Waals surface area contributed by atoms with E-state index in [0.717, 1.165) is 50.1 Å². The van der Waals surface area contributed by atoms with Gasteiger partial charge in [-0.2, -0.15) is 5.26 Å². The standard InChI is InChI=1S/C23H32N4O2/c1-4-18(14-25-12-6-5-11-24)20-9-10-21-22(13-20)26(23(29)19-7-8-19)15-16(2)27(21)17(3)28/h9-10,13,16,18-19,25H,4-8,12,14-15H2,1-3H3/t16-,18?/m0/s1. The van der Waals surface area contributed by atoms with E-state index in [0.29, 0.717) is 18.9 Å². The second-order valence-corrected chi connectivity index (χ2v) is 8.28. The lowest BCUT2D eigenvalue weighted by Crippen LogP contribution is -2.51. The third-order valence-electron chi connectivity index (χ3n) is 5.97. The van der Waals surface area contributed by atoms with Gasteiger partial charge in [-0.25, -0.2) is 0 Å². The first-order chi connectivity index (χ1) is 14.0. The summed E-state index contributed by atoms with van der Waals surface area (Å²) in [5.41, 5.74) is 2.90. The SMILES string of the molecule is CCC(CNCCCC#N)c1ccc2c(c1)N(C(=O)C1CC1)C[C@H](C)N2C(C)=O. The van der Waals surface area contributed by atoms with Crippen LogP contribution in [0.2, 0.25) is 0 Å². The van der Waals surface area contributed by atoms with Crippen molar-refractivity contribution in [3.05, 3.63) is 23.8 Å². The third kappa shape index (κ3) is 4.79. The molecule has 1 N–H and O–H groups in total. The van der Waals surface area contributed by atoms with E-state index in [1.54, 1.807) is 6.92 Å². The number of anilines is 2. The lowest BCUT2D eigenvalue weighted by atomic mass is 9.93. The van der Waals surface area contributed by atoms with Crippen LogP contribution in [0.25, 0.3) is 0 Å². The lowest BCUT2D eigenvalue weighted by Gasteiger charge is -2.41. The van der Waals surface area contributed by atoms with Gasteiger partial charge in [-0.05, 0) is 62.8 Å². The van der Waals surface area contributed by atoms with Crippen LogP contribution in [0.15, 0.2) is 18.2 Å². The highest BCUT2D eigenvalue weighted by Gasteiger charge is 2.39. The highest BCUT2D eigenvalue weighted by molar-refractivity contribution is 6.05. The topological polar surface area (TPSA) is 76.4 Å². The van der Waals surface area contributed by atoms with Crippen LogP contribution in [0, 0.1) is 17.2 Å². The fourth-order valence-corrected chi connectivity index (χ4v) is 4.20. The van der Waals surface area contributed by atoms with Crippen molar-refractivity contribution in [2.24, 2.45) is 5.92 Å². The van der Waals surface area contributed by atoms with E-state index < -0.39 is 0 Å². The second kappa shape index (κ2) is 9.41. The van der Waals surface area contributed by atoms with Gasteiger partial charge in [-0.1, -0.05) is 13.0 Å². The molecule has 1 aromatic carbocycles. The maximum Gasteiger partial charge on any atom is 0.230 e. The fraction of sp³-hybridized carbons (Fsp3) is 0.609. The van der Waals surface area contributed by atoms with Crippen LogP contribution < -0.4 is 15.1 Å². The number of rotatable bonds is 8. The summed E-state index contributed by atoms with van der Waals surface area (Å²) in [5, 5.41) is 12.1. The maximum absolute atomic E-state index is 13.0. The molecule has 6 heteroatoms. The summed E-state index contributed by atoms with van der Waals surface area (Å²) in [6.45, 7) is 7.98. The molecule has 2 amide bonds. The summed E-state index contributed by atoms with van der Waals surface area (Å²) in [5.74, 6) is 0.675. The average Bonchev–Trinajstić information content (AvgIpc) is 3.54. The molecule has 3 rings (SSSR count). The highest BCUT2D eigenvalue weighted by Crippen LogP contribution is 2.41. The number of unbranched alkanes of at least 4 members (excludes halogenated alkanes) is 1. The summed E-state index contributed by atoms with van der Waals surface area (Å²) >= 11 is 0. The van der Waals surface area contributed by atoms with Crippen LogP contribution in [0.5, 0.6) is 0 Å². The Morgan fingerprint density at radius 3 is 2.69 bits per heavy atom. The number of nitriles is 1. The summed E-state index contributed by atoms with van der Waals surface area (Å²) in [4.78, 5) is 29.0. The molecule has 2 atom stereocenters. The van der Waals surface area contributed by atoms with E-state index in [-0.39, 0.29) is 23.8 Å². The van der Waals surface area contributed by atoms with Gasteiger partial charge < -0.3 is 15.1 Å². The van der Waals surface area contributed by atoms with Gasteiger partial charge in [0.2, 0.25) is 11.8 Å². The first-order valence-electron chi connectivity index (χ1n) is 10.8. The molecule has 0 spiro atoms. The second-order valence-electron chi connectivity index (χ2n) is 8.28. The molecule has 0 radical (unpaired) electrons. The smallest absolute Gasteiger partial charge is 0.230 e. The molecular weight excluding hydrogens is 364 g/mol. The van der Waals surface area contributed by atoms with E-state index in [1.807, 2.05) is 22.8 Å². The number of nitrogens with zero attached hydrogens (tertiary/aromatic N) is 3. The van der Waals surface area contributed by atoms with Gasteiger partial charge in [-0.15, -0.1) is 0 Å². The number of fused-ring (bicyclic) bond motifs is 1. The van der Waals surface area contributed by atoms with Crippen molar-refractivity contribution in [3.63, 3.8) is 0 Å². The van der Waals surface area contributed by atoms with Crippen molar-refractivity contribution in [1.29, 1.82) is 5.26 Å². The van der Waals surface area contributed by atoms with E-state index >= 15 is 0 Å². The number of nitrogens with one attached hydrogen (secondary N) is 1. The van der Waals surface area contributed by atoms with Gasteiger partial charge in [-0.3, -0.25) is 9.59 Å². The number of carbonyl (C=O) groups is 2. The maximum atomic E-state index is 13.0. The molecule has 1 unspecified atom stereocenters. The zero-order valence-corrected chi connectivity index (χ0v) is 17.8. The zero-order chi connectivity index (χ0) is 21.0. The van der Waals surface area contributed by atoms with Crippen molar-refractivity contribution in [2.75, 3.05) is 29.4 Å². The molecule has 0 saturated heterocycles. The summed E-state index contributed by atoms with van der Waals surface area (Å²) < 4.78 is 0. The molecular formula is C23H32N4O2. The Hall–Kier alpha value is -2.39. The van der Waals surface area contributed by atoms with Gasteiger partial charge in [0.1, 0.15) is 0 Å². The van der Waals surface area contributed by atoms with Gasteiger partial charge in [0.05, 0.1) is 23.5 Å². The molecule has 156 valence electrons. The van der Waals surface area contributed by atoms with Gasteiger partial charge in [0.15, 0.2) is 0 Å². The van der Waals surface area contributed by atoms with Crippen LogP contribution in [0.3, 0.4) is 0 Å². The number of carbonyl (C=O) groups excluding carboxylic acids is 2. The predicted molar refractivity (Wildman–Crippen MR) is 115 cm³/mol. The van der Waals surface area contributed by atoms with Crippen LogP contribution in [0.1, 0.15) is 64.4 Å². The van der Waals surface area contributed by atoms with Crippen LogP contribution in [0.4, 0.5) is 11.4 Å². The van der Waals surface area contributed by atoms with Crippen molar-refractivity contribution < 1.29 is 9.59 Å². The van der Waals surface area contributed by atoms with Crippen molar-refractivity contribution in [1.82, 2.24) is 5.32 Å². The van der Waals surface area contributed by atoms with Crippen molar-refractivity contribution >= 4 is 23.2 Å². The first kappa shape index (κ1) is 21.3. The van der Waals surface area contributed by atoms with Crippen molar-refractivity contribution in [3.8, 4) is 6.07 Å². The number of amides is 2. The van der Waals surface area contributed by atoms with Gasteiger partial charge in [0.25, 0.3) is 0 Å². The predicted octanol–water partition coefficient (Wildman–Crippen LogP) is 3.57. The average molecular weight is 397 g/mol. The molecule has 1 heterocycles. The number of hydrogen-bond acceptors (Lipinski definition) is 4. The summed E-state index contributed by atoms with van der Waals surface area (Å²) in [6, 6.07) is 8.36. The third-order valence-corrected chi connectivity index (χ3v) is 5.97. The Balaban J connectivity index is 1.86. The Bertz CT molecular complexity index is 797. The van der Waals surface area contributed by atoms with E-state index in [2.05, 4.69) is 30.4 Å². The number of benzene rings is 1. The molecule has 6 nitrogen and oxygen atoms in total. The molecule has 2 aliphatic rings. The monoisotopic (exact) mass is 396 g/mol. The zero-order valence-electron chi connectivity index (χ0n) is 17.8. The quantitative estimate of drug-likeness (QED) is 0.682. The minimum absolute atomic E-state index is 0.0104. The molecule has 1 saturated carbocycles. The normalized spacial score (nSPS) is 19.4. The largest absolute Gasteiger partial charge is 0.316 e. The summed E-state index contributed by atoms with van der Waals surface area (Å²) in [6.07, 6.45) is 4.35. The Morgan fingerprint density at radius 2 is 2.07 bits per heavy atom. The molecule has 1 aliphatic carbocycles.